The highest BCUT2D eigenvalue weighted by atomic mass is 19.1. The number of halogens is 2. The maximum Gasteiger partial charge on any atom is 0.167 e. The molecule has 2 aromatic heterocycles. The van der Waals surface area contributed by atoms with Crippen molar-refractivity contribution in [2.45, 2.75) is 38.5 Å². The van der Waals surface area contributed by atoms with Crippen LogP contribution in [0.3, 0.4) is 0 Å². The molecule has 0 saturated heterocycles. The zero-order chi connectivity index (χ0) is 26.9. The predicted octanol–water partition coefficient (Wildman–Crippen LogP) is 6.20. The Hall–Kier alpha value is -4.57. The molecule has 7 heteroatoms. The van der Waals surface area contributed by atoms with Gasteiger partial charge in [-0.05, 0) is 54.8 Å². The van der Waals surface area contributed by atoms with E-state index in [4.69, 9.17) is 0 Å². The van der Waals surface area contributed by atoms with Crippen molar-refractivity contribution in [2.24, 2.45) is 0 Å². The lowest BCUT2D eigenvalue weighted by atomic mass is 9.85. The van der Waals surface area contributed by atoms with E-state index in [9.17, 15) is 18.8 Å². The lowest BCUT2D eigenvalue weighted by Crippen LogP contribution is -2.15. The number of rotatable bonds is 7. The maximum atomic E-state index is 14.9. The standard InChI is InChI=1S/C31H24F2N4O/c1-31(2,17-34)22-7-3-6-19(13-22)29(38)15-21-12-20(25(32)16-26(21)33)14-28-24(9-5-11-35-28)30-23-8-4-10-27(23)36-18-37-30/h3-9,11-13,16,18H,10,14-15H2,1-2H3. The van der Waals surface area contributed by atoms with Crippen molar-refractivity contribution in [3.63, 3.8) is 0 Å². The van der Waals surface area contributed by atoms with Gasteiger partial charge in [0.2, 0.25) is 0 Å². The number of carbonyl (C=O) groups excluding carboxylic acids is 1. The van der Waals surface area contributed by atoms with Crippen LogP contribution in [-0.4, -0.2) is 20.7 Å². The van der Waals surface area contributed by atoms with Crippen molar-refractivity contribution in [1.82, 2.24) is 15.0 Å². The third kappa shape index (κ3) is 4.85. The monoisotopic (exact) mass is 506 g/mol. The Labute approximate surface area is 219 Å². The number of hydrogen-bond donors (Lipinski definition) is 0. The van der Waals surface area contributed by atoms with E-state index in [0.717, 1.165) is 29.3 Å². The van der Waals surface area contributed by atoms with Gasteiger partial charge in [-0.1, -0.05) is 30.4 Å². The minimum absolute atomic E-state index is 0.0951. The van der Waals surface area contributed by atoms with Gasteiger partial charge in [0, 0.05) is 48.2 Å². The normalized spacial score (nSPS) is 12.3. The van der Waals surface area contributed by atoms with Crippen LogP contribution in [0.25, 0.3) is 17.3 Å². The van der Waals surface area contributed by atoms with Gasteiger partial charge in [-0.3, -0.25) is 9.78 Å². The van der Waals surface area contributed by atoms with E-state index in [1.165, 1.54) is 12.4 Å². The minimum atomic E-state index is -0.784. The number of carbonyl (C=O) groups is 1. The van der Waals surface area contributed by atoms with Gasteiger partial charge >= 0.3 is 0 Å². The summed E-state index contributed by atoms with van der Waals surface area (Å²) in [5.41, 5.74) is 4.49. The van der Waals surface area contributed by atoms with Crippen LogP contribution in [0.5, 0.6) is 0 Å². The first-order valence-electron chi connectivity index (χ1n) is 12.2. The molecule has 2 heterocycles. The summed E-state index contributed by atoms with van der Waals surface area (Å²) >= 11 is 0. The lowest BCUT2D eigenvalue weighted by Gasteiger charge is -2.16. The fourth-order valence-electron chi connectivity index (χ4n) is 4.58. The first-order chi connectivity index (χ1) is 18.3. The fraction of sp³-hybridized carbons (Fsp3) is 0.194. The maximum absolute atomic E-state index is 14.9. The summed E-state index contributed by atoms with van der Waals surface area (Å²) in [5.74, 6) is -1.81. The van der Waals surface area contributed by atoms with Crippen LogP contribution in [0, 0.1) is 23.0 Å². The van der Waals surface area contributed by atoms with Gasteiger partial charge in [0.15, 0.2) is 5.78 Å². The third-order valence-corrected chi connectivity index (χ3v) is 6.82. The summed E-state index contributed by atoms with van der Waals surface area (Å²) in [6, 6.07) is 14.9. The molecule has 2 aromatic carbocycles. The van der Waals surface area contributed by atoms with E-state index in [1.54, 1.807) is 50.4 Å². The highest BCUT2D eigenvalue weighted by Crippen LogP contribution is 2.31. The molecule has 0 atom stereocenters. The smallest absolute Gasteiger partial charge is 0.167 e. The number of allylic oxidation sites excluding steroid dienone is 1. The second-order valence-electron chi connectivity index (χ2n) is 9.82. The van der Waals surface area contributed by atoms with E-state index in [2.05, 4.69) is 21.0 Å². The molecule has 0 aliphatic heterocycles. The van der Waals surface area contributed by atoms with Gasteiger partial charge in [-0.15, -0.1) is 0 Å². The molecule has 5 nitrogen and oxygen atoms in total. The molecular formula is C31H24F2N4O. The van der Waals surface area contributed by atoms with E-state index in [-0.39, 0.29) is 29.8 Å². The minimum Gasteiger partial charge on any atom is -0.294 e. The molecule has 0 N–H and O–H groups in total. The molecule has 0 spiro atoms. The number of benzene rings is 2. The molecule has 5 rings (SSSR count). The van der Waals surface area contributed by atoms with Gasteiger partial charge in [0.25, 0.3) is 0 Å². The topological polar surface area (TPSA) is 79.5 Å². The quantitative estimate of drug-likeness (QED) is 0.279. The van der Waals surface area contributed by atoms with Gasteiger partial charge in [-0.25, -0.2) is 18.7 Å². The Kier molecular flexibility index (Phi) is 6.64. The summed E-state index contributed by atoms with van der Waals surface area (Å²) < 4.78 is 29.7. The average Bonchev–Trinajstić information content (AvgIpc) is 3.41. The highest BCUT2D eigenvalue weighted by Gasteiger charge is 2.22. The molecule has 188 valence electrons. The number of nitriles is 1. The number of aromatic nitrogens is 3. The fourth-order valence-corrected chi connectivity index (χ4v) is 4.58. The summed E-state index contributed by atoms with van der Waals surface area (Å²) in [6.07, 6.45) is 7.69. The number of ketones is 1. The first-order valence-corrected chi connectivity index (χ1v) is 12.2. The molecule has 38 heavy (non-hydrogen) atoms. The Bertz CT molecular complexity index is 1640. The van der Waals surface area contributed by atoms with E-state index in [1.807, 2.05) is 18.2 Å². The van der Waals surface area contributed by atoms with Gasteiger partial charge in [0.1, 0.15) is 18.0 Å². The van der Waals surface area contributed by atoms with Crippen LogP contribution in [0.1, 0.15) is 57.8 Å². The number of fused-ring (bicyclic) bond motifs is 1. The van der Waals surface area contributed by atoms with Gasteiger partial charge in [-0.2, -0.15) is 5.26 Å². The second-order valence-corrected chi connectivity index (χ2v) is 9.82. The zero-order valence-corrected chi connectivity index (χ0v) is 21.0. The predicted molar refractivity (Wildman–Crippen MR) is 140 cm³/mol. The van der Waals surface area contributed by atoms with Gasteiger partial charge in [0.05, 0.1) is 28.6 Å². The lowest BCUT2D eigenvalue weighted by molar-refractivity contribution is 0.0991. The van der Waals surface area contributed by atoms with Crippen molar-refractivity contribution in [2.75, 3.05) is 0 Å². The summed E-state index contributed by atoms with van der Waals surface area (Å²) in [5, 5.41) is 9.43. The number of pyridine rings is 1. The molecule has 1 aliphatic carbocycles. The zero-order valence-electron chi connectivity index (χ0n) is 21.0. The summed E-state index contributed by atoms with van der Waals surface area (Å²) in [7, 11) is 0. The number of nitrogens with zero attached hydrogens (tertiary/aromatic N) is 4. The van der Waals surface area contributed by atoms with Crippen LogP contribution < -0.4 is 0 Å². The van der Waals surface area contributed by atoms with Crippen molar-refractivity contribution in [3.8, 4) is 17.3 Å². The van der Waals surface area contributed by atoms with Crippen molar-refractivity contribution < 1.29 is 13.6 Å². The van der Waals surface area contributed by atoms with E-state index in [0.29, 0.717) is 22.5 Å². The van der Waals surface area contributed by atoms with Crippen LogP contribution in [0.15, 0.2) is 67.1 Å². The molecule has 4 aromatic rings. The van der Waals surface area contributed by atoms with Crippen molar-refractivity contribution >= 4 is 11.9 Å². The molecule has 0 fully saturated rings. The molecule has 0 unspecified atom stereocenters. The number of Topliss-reactive ketones (excluding diaryl/α,β-unsaturated/α-hetero) is 1. The molecule has 0 radical (unpaired) electrons. The van der Waals surface area contributed by atoms with Crippen LogP contribution in [0.4, 0.5) is 8.78 Å². The average molecular weight is 507 g/mol. The van der Waals surface area contributed by atoms with E-state index >= 15 is 0 Å². The first kappa shape index (κ1) is 25.1. The van der Waals surface area contributed by atoms with Crippen LogP contribution in [-0.2, 0) is 24.7 Å². The summed E-state index contributed by atoms with van der Waals surface area (Å²) in [6.45, 7) is 3.53. The Morgan fingerprint density at radius 1 is 1.03 bits per heavy atom. The van der Waals surface area contributed by atoms with Crippen LogP contribution in [0.2, 0.25) is 0 Å². The molecule has 1 aliphatic rings. The summed E-state index contributed by atoms with van der Waals surface area (Å²) in [4.78, 5) is 26.3. The van der Waals surface area contributed by atoms with Gasteiger partial charge < -0.3 is 0 Å². The molecule has 0 saturated carbocycles. The van der Waals surface area contributed by atoms with Crippen molar-refractivity contribution in [3.05, 3.63) is 118 Å². The van der Waals surface area contributed by atoms with Crippen LogP contribution >= 0.6 is 0 Å². The highest BCUT2D eigenvalue weighted by molar-refractivity contribution is 5.97. The third-order valence-electron chi connectivity index (χ3n) is 6.82. The van der Waals surface area contributed by atoms with E-state index < -0.39 is 17.0 Å². The number of hydrogen-bond acceptors (Lipinski definition) is 5. The Morgan fingerprint density at radius 3 is 2.66 bits per heavy atom. The SMILES string of the molecule is CC(C)(C#N)c1cccc(C(=O)Cc2cc(Cc3ncccc3-c3ncnc4c3C=CC4)c(F)cc2F)c1. The molecular weight excluding hydrogens is 482 g/mol. The Balaban J connectivity index is 1.45. The molecule has 0 amide bonds. The molecule has 0 bridgehead atoms. The van der Waals surface area contributed by atoms with Crippen molar-refractivity contribution in [1.29, 1.82) is 5.26 Å². The Morgan fingerprint density at radius 2 is 1.84 bits per heavy atom. The largest absolute Gasteiger partial charge is 0.294 e. The second kappa shape index (κ2) is 10.1.